The zero-order valence-electron chi connectivity index (χ0n) is 15.7. The molecule has 0 aliphatic rings. The summed E-state index contributed by atoms with van der Waals surface area (Å²) in [6, 6.07) is 6.25. The van der Waals surface area contributed by atoms with Crippen LogP contribution in [0.2, 0.25) is 15.1 Å². The average Bonchev–Trinajstić information content (AvgIpc) is 3.04. The van der Waals surface area contributed by atoms with Crippen LogP contribution in [0, 0.1) is 13.8 Å². The highest BCUT2D eigenvalue weighted by Crippen LogP contribution is 2.27. The highest BCUT2D eigenvalue weighted by atomic mass is 35.5. The van der Waals surface area contributed by atoms with E-state index in [1.54, 1.807) is 26.0 Å². The lowest BCUT2D eigenvalue weighted by Gasteiger charge is -2.14. The molecule has 2 N–H and O–H groups in total. The maximum absolute atomic E-state index is 13.1. The summed E-state index contributed by atoms with van der Waals surface area (Å²) in [4.78, 5) is 29.5. The predicted molar refractivity (Wildman–Crippen MR) is 114 cm³/mol. The number of anilines is 1. The first-order valence-electron chi connectivity index (χ1n) is 8.43. The number of nitrogens with zero attached hydrogens (tertiary/aromatic N) is 3. The minimum absolute atomic E-state index is 0.191. The van der Waals surface area contributed by atoms with Gasteiger partial charge in [-0.15, -0.1) is 0 Å². The highest BCUT2D eigenvalue weighted by molar-refractivity contribution is 6.35. The van der Waals surface area contributed by atoms with Gasteiger partial charge in [-0.25, -0.2) is 9.67 Å². The van der Waals surface area contributed by atoms with Gasteiger partial charge < -0.3 is 10.6 Å². The van der Waals surface area contributed by atoms with E-state index < -0.39 is 5.91 Å². The number of nitrogens with one attached hydrogen (secondary N) is 2. The third kappa shape index (κ3) is 4.37. The number of rotatable bonds is 4. The number of aromatic nitrogens is 3. The molecule has 2 amide bonds. The van der Waals surface area contributed by atoms with E-state index in [2.05, 4.69) is 20.7 Å². The van der Waals surface area contributed by atoms with Crippen molar-refractivity contribution in [2.45, 2.75) is 13.8 Å². The Labute approximate surface area is 182 Å². The minimum atomic E-state index is -0.492. The predicted octanol–water partition coefficient (Wildman–Crippen LogP) is 4.46. The van der Waals surface area contributed by atoms with Crippen molar-refractivity contribution in [1.82, 2.24) is 20.1 Å². The van der Waals surface area contributed by atoms with Gasteiger partial charge in [-0.05, 0) is 43.7 Å². The van der Waals surface area contributed by atoms with Gasteiger partial charge in [-0.2, -0.15) is 5.10 Å². The van der Waals surface area contributed by atoms with Crippen molar-refractivity contribution in [1.29, 1.82) is 0 Å². The Morgan fingerprint density at radius 1 is 1.00 bits per heavy atom. The maximum atomic E-state index is 13.1. The first-order chi connectivity index (χ1) is 13.7. The van der Waals surface area contributed by atoms with E-state index in [1.807, 2.05) is 0 Å². The number of carbonyl (C=O) groups is 2. The van der Waals surface area contributed by atoms with Crippen LogP contribution in [-0.4, -0.2) is 33.6 Å². The summed E-state index contributed by atoms with van der Waals surface area (Å²) in [7, 11) is 1.50. The topological polar surface area (TPSA) is 88.9 Å². The van der Waals surface area contributed by atoms with E-state index in [0.717, 1.165) is 0 Å². The number of pyridine rings is 1. The monoisotopic (exact) mass is 451 g/mol. The van der Waals surface area contributed by atoms with Gasteiger partial charge in [0.2, 0.25) is 0 Å². The molecule has 3 aromatic rings. The molecule has 0 bridgehead atoms. The molecule has 0 aliphatic carbocycles. The van der Waals surface area contributed by atoms with Gasteiger partial charge in [0.25, 0.3) is 11.8 Å². The molecule has 29 heavy (non-hydrogen) atoms. The smallest absolute Gasteiger partial charge is 0.274 e. The number of benzene rings is 1. The third-order valence-electron chi connectivity index (χ3n) is 4.06. The molecule has 0 radical (unpaired) electrons. The molecule has 0 aliphatic heterocycles. The van der Waals surface area contributed by atoms with Crippen LogP contribution >= 0.6 is 34.8 Å². The van der Waals surface area contributed by atoms with Gasteiger partial charge >= 0.3 is 0 Å². The van der Waals surface area contributed by atoms with Crippen LogP contribution in [0.25, 0.3) is 5.82 Å². The summed E-state index contributed by atoms with van der Waals surface area (Å²) < 4.78 is 1.33. The first kappa shape index (κ1) is 21.1. The second kappa shape index (κ2) is 8.41. The molecule has 7 nitrogen and oxygen atoms in total. The third-order valence-corrected chi connectivity index (χ3v) is 4.77. The Balaban J connectivity index is 2.05. The Bertz CT molecular complexity index is 1130. The standard InChI is InChI=1S/C19H16Cl3N5O2/c1-9-4-11(20)6-13(18(28)23-3)16(9)25-19(29)15-5-10(2)26-27(15)17-14(22)7-12(21)8-24-17/h4-8H,1-3H3,(H,23,28)(H,25,29). The van der Waals surface area contributed by atoms with Crippen LogP contribution in [0.4, 0.5) is 5.69 Å². The summed E-state index contributed by atoms with van der Waals surface area (Å²) in [5.74, 6) is -0.610. The van der Waals surface area contributed by atoms with Crippen molar-refractivity contribution in [3.63, 3.8) is 0 Å². The number of carbonyl (C=O) groups excluding carboxylic acids is 2. The Hall–Kier alpha value is -2.61. The van der Waals surface area contributed by atoms with Gasteiger partial charge in [0.1, 0.15) is 5.69 Å². The second-order valence-electron chi connectivity index (χ2n) is 6.22. The van der Waals surface area contributed by atoms with Crippen molar-refractivity contribution < 1.29 is 9.59 Å². The van der Waals surface area contributed by atoms with Crippen LogP contribution in [0.15, 0.2) is 30.5 Å². The number of halogens is 3. The molecule has 0 saturated heterocycles. The lowest BCUT2D eigenvalue weighted by molar-refractivity contribution is 0.0964. The van der Waals surface area contributed by atoms with Crippen molar-refractivity contribution in [3.05, 3.63) is 68.0 Å². The van der Waals surface area contributed by atoms with Gasteiger partial charge in [0.05, 0.1) is 27.0 Å². The number of aryl methyl sites for hydroxylation is 2. The average molecular weight is 453 g/mol. The fourth-order valence-electron chi connectivity index (χ4n) is 2.79. The number of hydrogen-bond donors (Lipinski definition) is 2. The van der Waals surface area contributed by atoms with Gasteiger partial charge in [-0.3, -0.25) is 9.59 Å². The zero-order valence-corrected chi connectivity index (χ0v) is 17.9. The van der Waals surface area contributed by atoms with Gasteiger partial charge in [0.15, 0.2) is 5.82 Å². The molecule has 0 unspecified atom stereocenters. The largest absolute Gasteiger partial charge is 0.355 e. The van der Waals surface area contributed by atoms with E-state index >= 15 is 0 Å². The zero-order chi connectivity index (χ0) is 21.3. The fourth-order valence-corrected chi connectivity index (χ4v) is 3.52. The summed E-state index contributed by atoms with van der Waals surface area (Å²) >= 11 is 18.2. The molecule has 3 rings (SSSR count). The Morgan fingerprint density at radius 3 is 2.38 bits per heavy atom. The van der Waals surface area contributed by atoms with E-state index in [1.165, 1.54) is 30.1 Å². The van der Waals surface area contributed by atoms with Crippen LogP contribution in [-0.2, 0) is 0 Å². The maximum Gasteiger partial charge on any atom is 0.274 e. The normalized spacial score (nSPS) is 10.7. The first-order valence-corrected chi connectivity index (χ1v) is 9.56. The van der Waals surface area contributed by atoms with Crippen LogP contribution < -0.4 is 10.6 Å². The van der Waals surface area contributed by atoms with E-state index in [-0.39, 0.29) is 28.0 Å². The summed E-state index contributed by atoms with van der Waals surface area (Å²) in [5.41, 5.74) is 2.00. The van der Waals surface area contributed by atoms with E-state index in [0.29, 0.717) is 27.0 Å². The molecule has 10 heteroatoms. The molecule has 0 atom stereocenters. The molecular weight excluding hydrogens is 437 g/mol. The lowest BCUT2D eigenvalue weighted by Crippen LogP contribution is -2.23. The summed E-state index contributed by atoms with van der Waals surface area (Å²) in [6.07, 6.45) is 1.41. The van der Waals surface area contributed by atoms with Crippen molar-refractivity contribution in [2.75, 3.05) is 12.4 Å². The van der Waals surface area contributed by atoms with Crippen LogP contribution in [0.5, 0.6) is 0 Å². The van der Waals surface area contributed by atoms with Crippen LogP contribution in [0.3, 0.4) is 0 Å². The molecule has 0 saturated carbocycles. The van der Waals surface area contributed by atoms with Gasteiger partial charge in [0, 0.05) is 18.3 Å². The van der Waals surface area contributed by atoms with E-state index in [9.17, 15) is 9.59 Å². The quantitative estimate of drug-likeness (QED) is 0.612. The highest BCUT2D eigenvalue weighted by Gasteiger charge is 2.22. The Kier molecular flexibility index (Phi) is 6.12. The molecule has 150 valence electrons. The second-order valence-corrected chi connectivity index (χ2v) is 7.50. The van der Waals surface area contributed by atoms with Crippen molar-refractivity contribution in [2.24, 2.45) is 0 Å². The minimum Gasteiger partial charge on any atom is -0.355 e. The van der Waals surface area contributed by atoms with Crippen LogP contribution in [0.1, 0.15) is 32.1 Å². The molecule has 0 spiro atoms. The summed E-state index contributed by atoms with van der Waals surface area (Å²) in [5, 5.41) is 10.6. The Morgan fingerprint density at radius 2 is 1.72 bits per heavy atom. The number of hydrogen-bond acceptors (Lipinski definition) is 4. The molecule has 0 fully saturated rings. The SMILES string of the molecule is CNC(=O)c1cc(Cl)cc(C)c1NC(=O)c1cc(C)nn1-c1ncc(Cl)cc1Cl. The lowest BCUT2D eigenvalue weighted by atomic mass is 10.1. The van der Waals surface area contributed by atoms with Crippen molar-refractivity contribution in [3.8, 4) is 5.82 Å². The molecule has 2 aromatic heterocycles. The van der Waals surface area contributed by atoms with Crippen molar-refractivity contribution >= 4 is 52.3 Å². The number of amides is 2. The molecular formula is C19H16Cl3N5O2. The summed E-state index contributed by atoms with van der Waals surface area (Å²) in [6.45, 7) is 3.48. The molecule has 2 heterocycles. The van der Waals surface area contributed by atoms with E-state index in [4.69, 9.17) is 34.8 Å². The van der Waals surface area contributed by atoms with Gasteiger partial charge in [-0.1, -0.05) is 34.8 Å². The molecule has 1 aromatic carbocycles. The fraction of sp³-hybridized carbons (Fsp3) is 0.158.